The monoisotopic (exact) mass is 343 g/mol. The lowest BCUT2D eigenvalue weighted by atomic mass is 10.0. The van der Waals surface area contributed by atoms with Crippen LogP contribution in [-0.4, -0.2) is 77.4 Å². The molecule has 2 N–H and O–H groups in total. The molecule has 0 aliphatic carbocycles. The molecule has 0 spiro atoms. The van der Waals surface area contributed by atoms with Crippen molar-refractivity contribution in [3.8, 4) is 0 Å². The summed E-state index contributed by atoms with van der Waals surface area (Å²) in [7, 11) is 0. The van der Waals surface area contributed by atoms with Gasteiger partial charge >= 0.3 is 6.09 Å². The maximum Gasteiger partial charge on any atom is 0.410 e. The fourth-order valence-corrected chi connectivity index (χ4v) is 2.58. The molecule has 1 heterocycles. The zero-order valence-corrected chi connectivity index (χ0v) is 15.7. The van der Waals surface area contributed by atoms with E-state index < -0.39 is 17.7 Å². The van der Waals surface area contributed by atoms with Gasteiger partial charge in [0.1, 0.15) is 11.6 Å². The summed E-state index contributed by atoms with van der Waals surface area (Å²) < 4.78 is 5.31. The number of aliphatic hydroxyl groups excluding tert-OH is 1. The van der Waals surface area contributed by atoms with E-state index in [0.29, 0.717) is 19.4 Å². The lowest BCUT2D eigenvalue weighted by molar-refractivity contribution is -0.131. The first kappa shape index (κ1) is 20.7. The maximum absolute atomic E-state index is 12.4. The van der Waals surface area contributed by atoms with Gasteiger partial charge in [0.25, 0.3) is 0 Å². The summed E-state index contributed by atoms with van der Waals surface area (Å²) in [5, 5.41) is 12.3. The lowest BCUT2D eigenvalue weighted by Crippen LogP contribution is -2.60. The minimum Gasteiger partial charge on any atom is -0.444 e. The topological polar surface area (TPSA) is 82.1 Å². The van der Waals surface area contributed by atoms with Crippen molar-refractivity contribution >= 4 is 12.0 Å². The van der Waals surface area contributed by atoms with E-state index in [4.69, 9.17) is 4.74 Å². The lowest BCUT2D eigenvalue weighted by Gasteiger charge is -2.40. The second-order valence-corrected chi connectivity index (χ2v) is 7.18. The number of carbonyl (C=O) groups excluding carboxylic acids is 2. The number of nitrogens with zero attached hydrogens (tertiary/aromatic N) is 2. The number of ether oxygens (including phenoxy) is 1. The largest absolute Gasteiger partial charge is 0.444 e. The van der Waals surface area contributed by atoms with E-state index >= 15 is 0 Å². The summed E-state index contributed by atoms with van der Waals surface area (Å²) in [5.74, 6) is -0.217. The number of rotatable bonds is 8. The molecule has 0 bridgehead atoms. The number of aliphatic hydroxyl groups is 1. The number of likely N-dealkylation sites (tertiary alicyclic amines) is 1. The third-order valence-electron chi connectivity index (χ3n) is 4.21. The van der Waals surface area contributed by atoms with Gasteiger partial charge < -0.3 is 20.1 Å². The summed E-state index contributed by atoms with van der Waals surface area (Å²) in [6.07, 6.45) is 0.847. The highest BCUT2D eigenvalue weighted by Gasteiger charge is 2.40. The molecule has 0 radical (unpaired) electrons. The average molecular weight is 343 g/mol. The summed E-state index contributed by atoms with van der Waals surface area (Å²) in [6.45, 7) is 12.7. The summed E-state index contributed by atoms with van der Waals surface area (Å²) >= 11 is 0. The molecular formula is C17H33N3O4. The molecule has 7 heteroatoms. The number of amides is 2. The predicted molar refractivity (Wildman–Crippen MR) is 92.8 cm³/mol. The van der Waals surface area contributed by atoms with Crippen molar-refractivity contribution < 1.29 is 19.4 Å². The van der Waals surface area contributed by atoms with E-state index in [0.717, 1.165) is 19.6 Å². The molecule has 2 atom stereocenters. The van der Waals surface area contributed by atoms with Crippen molar-refractivity contribution in [2.24, 2.45) is 0 Å². The molecule has 0 aromatic carbocycles. The van der Waals surface area contributed by atoms with Crippen LogP contribution in [0.15, 0.2) is 0 Å². The van der Waals surface area contributed by atoms with E-state index in [9.17, 15) is 14.7 Å². The number of carbonyl (C=O) groups is 2. The van der Waals surface area contributed by atoms with Crippen LogP contribution in [0.5, 0.6) is 0 Å². The Morgan fingerprint density at radius 1 is 1.33 bits per heavy atom. The van der Waals surface area contributed by atoms with Crippen molar-refractivity contribution in [2.75, 3.05) is 32.8 Å². The van der Waals surface area contributed by atoms with Crippen molar-refractivity contribution in [3.63, 3.8) is 0 Å². The van der Waals surface area contributed by atoms with Crippen molar-refractivity contribution in [3.05, 3.63) is 0 Å². The smallest absolute Gasteiger partial charge is 0.410 e. The number of hydrogen-bond acceptors (Lipinski definition) is 5. The summed E-state index contributed by atoms with van der Waals surface area (Å²) in [6, 6.07) is -0.790. The fraction of sp³-hybridized carbons (Fsp3) is 0.882. The molecule has 1 aliphatic heterocycles. The Balaban J connectivity index is 2.49. The van der Waals surface area contributed by atoms with E-state index in [2.05, 4.69) is 24.1 Å². The van der Waals surface area contributed by atoms with Gasteiger partial charge in [0.2, 0.25) is 5.91 Å². The first-order valence-corrected chi connectivity index (χ1v) is 8.85. The van der Waals surface area contributed by atoms with E-state index in [-0.39, 0.29) is 18.6 Å². The highest BCUT2D eigenvalue weighted by atomic mass is 16.6. The Kier molecular flexibility index (Phi) is 7.96. The van der Waals surface area contributed by atoms with Crippen LogP contribution in [0.1, 0.15) is 47.5 Å². The van der Waals surface area contributed by atoms with Gasteiger partial charge in [-0.3, -0.25) is 9.69 Å². The normalized spacial score (nSPS) is 19.0. The average Bonchev–Trinajstić information content (AvgIpc) is 2.43. The Morgan fingerprint density at radius 3 is 2.38 bits per heavy atom. The van der Waals surface area contributed by atoms with Crippen LogP contribution in [0.4, 0.5) is 4.79 Å². The van der Waals surface area contributed by atoms with Gasteiger partial charge in [-0.1, -0.05) is 13.8 Å². The second-order valence-electron chi connectivity index (χ2n) is 7.18. The molecule has 0 unspecified atom stereocenters. The Hall–Kier alpha value is -1.34. The highest BCUT2D eigenvalue weighted by molar-refractivity contribution is 5.87. The molecule has 1 saturated heterocycles. The van der Waals surface area contributed by atoms with Crippen LogP contribution < -0.4 is 5.32 Å². The molecule has 7 nitrogen and oxygen atoms in total. The molecule has 0 saturated carbocycles. The Labute approximate surface area is 145 Å². The molecule has 1 aliphatic rings. The summed E-state index contributed by atoms with van der Waals surface area (Å²) in [5.41, 5.74) is -0.578. The third-order valence-corrected chi connectivity index (χ3v) is 4.21. The molecule has 0 aromatic rings. The van der Waals surface area contributed by atoms with Crippen LogP contribution >= 0.6 is 0 Å². The van der Waals surface area contributed by atoms with Crippen molar-refractivity contribution in [2.45, 2.75) is 65.1 Å². The van der Waals surface area contributed by atoms with Crippen LogP contribution in [0.25, 0.3) is 0 Å². The van der Waals surface area contributed by atoms with Crippen LogP contribution in [-0.2, 0) is 9.53 Å². The molecule has 2 amide bonds. The third kappa shape index (κ3) is 6.28. The first-order chi connectivity index (χ1) is 11.2. The highest BCUT2D eigenvalue weighted by Crippen LogP contribution is 2.21. The molecule has 24 heavy (non-hydrogen) atoms. The molecule has 1 rings (SSSR count). The zero-order chi connectivity index (χ0) is 18.3. The maximum atomic E-state index is 12.4. The van der Waals surface area contributed by atoms with E-state index in [1.807, 2.05) is 0 Å². The zero-order valence-electron chi connectivity index (χ0n) is 15.7. The standard InChI is InChI=1S/C17H33N3O4/c1-6-19(7-2)10-8-13(12-21)18-15(22)14-9-11-20(14)16(23)24-17(3,4)5/h13-14,21H,6-12H2,1-5H3,(H,18,22)/t13-,14-/m1/s1. The van der Waals surface area contributed by atoms with Crippen molar-refractivity contribution in [1.82, 2.24) is 15.1 Å². The molecule has 0 aromatic heterocycles. The van der Waals surface area contributed by atoms with Crippen LogP contribution in [0.2, 0.25) is 0 Å². The van der Waals surface area contributed by atoms with Gasteiger partial charge in [0.05, 0.1) is 12.6 Å². The van der Waals surface area contributed by atoms with Gasteiger partial charge in [-0.2, -0.15) is 0 Å². The quantitative estimate of drug-likeness (QED) is 0.692. The number of nitrogens with one attached hydrogen (secondary N) is 1. The van der Waals surface area contributed by atoms with Crippen LogP contribution in [0.3, 0.4) is 0 Å². The minimum absolute atomic E-state index is 0.105. The Morgan fingerprint density at radius 2 is 1.96 bits per heavy atom. The van der Waals surface area contributed by atoms with Gasteiger partial charge in [0, 0.05) is 13.1 Å². The fourth-order valence-electron chi connectivity index (χ4n) is 2.58. The predicted octanol–water partition coefficient (Wildman–Crippen LogP) is 1.20. The van der Waals surface area contributed by atoms with Gasteiger partial charge in [-0.25, -0.2) is 4.79 Å². The van der Waals surface area contributed by atoms with Gasteiger partial charge in [-0.05, 0) is 46.7 Å². The number of hydrogen-bond donors (Lipinski definition) is 2. The van der Waals surface area contributed by atoms with Gasteiger partial charge in [0.15, 0.2) is 0 Å². The SMILES string of the molecule is CCN(CC)CC[C@H](CO)NC(=O)[C@H]1CCN1C(=O)OC(C)(C)C. The van der Waals surface area contributed by atoms with E-state index in [1.54, 1.807) is 20.8 Å². The van der Waals surface area contributed by atoms with Gasteiger partial charge in [-0.15, -0.1) is 0 Å². The van der Waals surface area contributed by atoms with Crippen molar-refractivity contribution in [1.29, 1.82) is 0 Å². The molecule has 140 valence electrons. The first-order valence-electron chi connectivity index (χ1n) is 8.85. The molecule has 1 fully saturated rings. The minimum atomic E-state index is -0.578. The van der Waals surface area contributed by atoms with E-state index in [1.165, 1.54) is 4.90 Å². The summed E-state index contributed by atoms with van der Waals surface area (Å²) in [4.78, 5) is 28.1. The van der Waals surface area contributed by atoms with Crippen LogP contribution in [0, 0.1) is 0 Å². The second kappa shape index (κ2) is 9.22. The molecular weight excluding hydrogens is 310 g/mol. The Bertz CT molecular complexity index is 419.